The number of carbonyl (C=O) groups is 1. The summed E-state index contributed by atoms with van der Waals surface area (Å²) < 4.78 is 6.23. The quantitative estimate of drug-likeness (QED) is 0.748. The molecule has 2 heterocycles. The van der Waals surface area contributed by atoms with Gasteiger partial charge in [0.1, 0.15) is 5.56 Å². The van der Waals surface area contributed by atoms with E-state index in [0.717, 1.165) is 0 Å². The minimum absolute atomic E-state index is 0.0105. The molecule has 0 bridgehead atoms. The summed E-state index contributed by atoms with van der Waals surface area (Å²) in [5.41, 5.74) is 0.538. The number of rotatable bonds is 2. The molecule has 0 aliphatic rings. The van der Waals surface area contributed by atoms with E-state index < -0.39 is 5.97 Å². The molecule has 0 fully saturated rings. The molecule has 0 atom stereocenters. The van der Waals surface area contributed by atoms with E-state index in [1.165, 1.54) is 24.0 Å². The van der Waals surface area contributed by atoms with Crippen molar-refractivity contribution in [3.63, 3.8) is 0 Å². The molecule has 0 radical (unpaired) electrons. The smallest absolute Gasteiger partial charge is 0.342 e. The Morgan fingerprint density at radius 1 is 1.64 bits per heavy atom. The van der Waals surface area contributed by atoms with Crippen molar-refractivity contribution >= 4 is 11.6 Å². The number of ether oxygens (including phenoxy) is 1. The second-order valence-electron chi connectivity index (χ2n) is 2.60. The maximum atomic E-state index is 10.8. The Morgan fingerprint density at radius 3 is 3.07 bits per heavy atom. The molecule has 72 valence electrons. The van der Waals surface area contributed by atoms with Crippen molar-refractivity contribution in [2.45, 2.75) is 0 Å². The van der Waals surface area contributed by atoms with Crippen molar-refractivity contribution in [3.05, 3.63) is 24.0 Å². The third kappa shape index (κ3) is 1.17. The molecular formula is C8H7N3O3. The summed E-state index contributed by atoms with van der Waals surface area (Å²) in [6.45, 7) is 0. The van der Waals surface area contributed by atoms with E-state index in [0.29, 0.717) is 5.65 Å². The van der Waals surface area contributed by atoms with Crippen LogP contribution < -0.4 is 4.74 Å². The Morgan fingerprint density at radius 2 is 2.43 bits per heavy atom. The fourth-order valence-electron chi connectivity index (χ4n) is 1.14. The molecule has 0 aliphatic carbocycles. The molecular weight excluding hydrogens is 186 g/mol. The number of hydrogen-bond donors (Lipinski definition) is 1. The third-order valence-corrected chi connectivity index (χ3v) is 1.77. The average molecular weight is 193 g/mol. The van der Waals surface area contributed by atoms with E-state index in [9.17, 15) is 4.79 Å². The van der Waals surface area contributed by atoms with E-state index in [1.807, 2.05) is 0 Å². The molecule has 0 amide bonds. The van der Waals surface area contributed by atoms with Gasteiger partial charge in [0.05, 0.1) is 19.5 Å². The molecule has 0 aliphatic heterocycles. The zero-order chi connectivity index (χ0) is 10.1. The molecule has 1 N–H and O–H groups in total. The van der Waals surface area contributed by atoms with E-state index in [2.05, 4.69) is 10.1 Å². The average Bonchev–Trinajstić information content (AvgIpc) is 2.62. The molecule has 2 aromatic heterocycles. The van der Waals surface area contributed by atoms with Crippen LogP contribution in [0.5, 0.6) is 5.88 Å². The van der Waals surface area contributed by atoms with Crippen molar-refractivity contribution in [1.29, 1.82) is 0 Å². The predicted molar refractivity (Wildman–Crippen MR) is 46.5 cm³/mol. The molecule has 0 saturated heterocycles. The summed E-state index contributed by atoms with van der Waals surface area (Å²) in [6.07, 6.45) is 2.90. The molecule has 0 unspecified atom stereocenters. The zero-order valence-corrected chi connectivity index (χ0v) is 7.34. The fraction of sp³-hybridized carbons (Fsp3) is 0.125. The number of methoxy groups -OCH3 is 1. The number of nitrogens with zero attached hydrogens (tertiary/aromatic N) is 3. The lowest BCUT2D eigenvalue weighted by Gasteiger charge is -2.03. The minimum atomic E-state index is -1.09. The second kappa shape index (κ2) is 2.99. The summed E-state index contributed by atoms with van der Waals surface area (Å²) in [5, 5.41) is 12.7. The Hall–Kier alpha value is -2.11. The third-order valence-electron chi connectivity index (χ3n) is 1.77. The molecule has 0 saturated carbocycles. The lowest BCUT2D eigenvalue weighted by atomic mass is 10.3. The molecule has 6 nitrogen and oxygen atoms in total. The largest absolute Gasteiger partial charge is 0.480 e. The van der Waals surface area contributed by atoms with Gasteiger partial charge >= 0.3 is 5.97 Å². The van der Waals surface area contributed by atoms with E-state index >= 15 is 0 Å². The van der Waals surface area contributed by atoms with Crippen molar-refractivity contribution in [1.82, 2.24) is 14.6 Å². The van der Waals surface area contributed by atoms with Crippen LogP contribution in [0.25, 0.3) is 5.65 Å². The van der Waals surface area contributed by atoms with E-state index in [-0.39, 0.29) is 11.4 Å². The number of carboxylic acid groups (broad SMARTS) is 1. The van der Waals surface area contributed by atoms with Gasteiger partial charge in [0.2, 0.25) is 5.88 Å². The standard InChI is InChI=1S/C8H7N3O3/c1-14-7-5(8(12)13)4-11-6(10-7)2-3-9-11/h2-4H,1H3,(H,12,13). The molecule has 2 aromatic rings. The first-order chi connectivity index (χ1) is 6.72. The van der Waals surface area contributed by atoms with Crippen molar-refractivity contribution < 1.29 is 14.6 Å². The van der Waals surface area contributed by atoms with Crippen LogP contribution in [-0.2, 0) is 0 Å². The van der Waals surface area contributed by atoms with Gasteiger partial charge in [-0.05, 0) is 0 Å². The maximum absolute atomic E-state index is 10.8. The van der Waals surface area contributed by atoms with E-state index in [4.69, 9.17) is 9.84 Å². The van der Waals surface area contributed by atoms with Gasteiger partial charge in [-0.2, -0.15) is 10.1 Å². The zero-order valence-electron chi connectivity index (χ0n) is 7.34. The fourth-order valence-corrected chi connectivity index (χ4v) is 1.14. The monoisotopic (exact) mass is 193 g/mol. The Balaban J connectivity index is 2.72. The van der Waals surface area contributed by atoms with Crippen molar-refractivity contribution in [2.24, 2.45) is 0 Å². The highest BCUT2D eigenvalue weighted by atomic mass is 16.5. The maximum Gasteiger partial charge on any atom is 0.342 e. The van der Waals surface area contributed by atoms with Crippen LogP contribution in [0.1, 0.15) is 10.4 Å². The van der Waals surface area contributed by atoms with Gasteiger partial charge in [-0.3, -0.25) is 0 Å². The summed E-state index contributed by atoms with van der Waals surface area (Å²) in [7, 11) is 1.38. The van der Waals surface area contributed by atoms with Crippen LogP contribution in [-0.4, -0.2) is 32.8 Å². The van der Waals surface area contributed by atoms with Crippen LogP contribution in [0, 0.1) is 0 Å². The normalized spacial score (nSPS) is 10.4. The van der Waals surface area contributed by atoms with Crippen LogP contribution in [0.15, 0.2) is 18.5 Å². The minimum Gasteiger partial charge on any atom is -0.480 e. The topological polar surface area (TPSA) is 76.7 Å². The van der Waals surface area contributed by atoms with Gasteiger partial charge in [0.15, 0.2) is 5.65 Å². The van der Waals surface area contributed by atoms with Crippen LogP contribution in [0.4, 0.5) is 0 Å². The highest BCUT2D eigenvalue weighted by Gasteiger charge is 2.14. The molecule has 2 rings (SSSR count). The summed E-state index contributed by atoms with van der Waals surface area (Å²) in [4.78, 5) is 14.8. The van der Waals surface area contributed by atoms with Gasteiger partial charge in [-0.25, -0.2) is 9.31 Å². The van der Waals surface area contributed by atoms with E-state index in [1.54, 1.807) is 6.07 Å². The number of hydrogen-bond acceptors (Lipinski definition) is 4. The Bertz CT molecular complexity index is 492. The molecule has 0 spiro atoms. The lowest BCUT2D eigenvalue weighted by molar-refractivity contribution is 0.0691. The lowest BCUT2D eigenvalue weighted by Crippen LogP contribution is -2.05. The first kappa shape index (κ1) is 8.49. The molecule has 14 heavy (non-hydrogen) atoms. The highest BCUT2D eigenvalue weighted by Crippen LogP contribution is 2.15. The first-order valence-electron chi connectivity index (χ1n) is 3.84. The SMILES string of the molecule is COc1nc2ccnn2cc1C(=O)O. The highest BCUT2D eigenvalue weighted by molar-refractivity contribution is 5.90. The molecule has 6 heteroatoms. The van der Waals surface area contributed by atoms with Gasteiger partial charge in [0, 0.05) is 6.07 Å². The number of carboxylic acids is 1. The second-order valence-corrected chi connectivity index (χ2v) is 2.60. The summed E-state index contributed by atoms with van der Waals surface area (Å²) >= 11 is 0. The Kier molecular flexibility index (Phi) is 1.81. The molecule has 0 aromatic carbocycles. The van der Waals surface area contributed by atoms with Gasteiger partial charge in [-0.1, -0.05) is 0 Å². The van der Waals surface area contributed by atoms with Crippen molar-refractivity contribution in [2.75, 3.05) is 7.11 Å². The number of aromatic carboxylic acids is 1. The van der Waals surface area contributed by atoms with Crippen LogP contribution in [0.3, 0.4) is 0 Å². The number of aromatic nitrogens is 3. The van der Waals surface area contributed by atoms with Gasteiger partial charge < -0.3 is 9.84 Å². The van der Waals surface area contributed by atoms with Crippen molar-refractivity contribution in [3.8, 4) is 5.88 Å². The van der Waals surface area contributed by atoms with Crippen LogP contribution in [0.2, 0.25) is 0 Å². The van der Waals surface area contributed by atoms with Gasteiger partial charge in [-0.15, -0.1) is 0 Å². The van der Waals surface area contributed by atoms with Crippen LogP contribution >= 0.6 is 0 Å². The first-order valence-corrected chi connectivity index (χ1v) is 3.84. The predicted octanol–water partition coefficient (Wildman–Crippen LogP) is 0.436. The summed E-state index contributed by atoms with van der Waals surface area (Å²) in [6, 6.07) is 1.66. The summed E-state index contributed by atoms with van der Waals surface area (Å²) in [5.74, 6) is -1.00. The number of fused-ring (bicyclic) bond motifs is 1. The van der Waals surface area contributed by atoms with Gasteiger partial charge in [0.25, 0.3) is 0 Å². The Labute approximate surface area is 78.8 Å².